The van der Waals surface area contributed by atoms with Gasteiger partial charge in [0.05, 0.1) is 6.04 Å². The molecular formula is C16H21N5OS. The number of hydrogen-bond acceptors (Lipinski definition) is 6. The number of anilines is 1. The third kappa shape index (κ3) is 3.85. The number of aromatic nitrogens is 3. The predicted octanol–water partition coefficient (Wildman–Crippen LogP) is 2.34. The van der Waals surface area contributed by atoms with Crippen molar-refractivity contribution in [3.05, 3.63) is 34.7 Å². The maximum absolute atomic E-state index is 11.6. The average Bonchev–Trinajstić information content (AvgIpc) is 3.07. The summed E-state index contributed by atoms with van der Waals surface area (Å²) in [7, 11) is 0. The van der Waals surface area contributed by atoms with Crippen molar-refractivity contribution < 1.29 is 4.79 Å². The van der Waals surface area contributed by atoms with E-state index in [-0.39, 0.29) is 11.9 Å². The number of aryl methyl sites for hydroxylation is 1. The third-order valence-electron chi connectivity index (χ3n) is 4.17. The number of rotatable bonds is 4. The first-order chi connectivity index (χ1) is 11.1. The summed E-state index contributed by atoms with van der Waals surface area (Å²) in [6.07, 6.45) is 5.62. The van der Waals surface area contributed by atoms with Crippen molar-refractivity contribution in [2.75, 3.05) is 18.0 Å². The first kappa shape index (κ1) is 15.9. The molecule has 1 aliphatic rings. The van der Waals surface area contributed by atoms with E-state index in [1.54, 1.807) is 30.7 Å². The molecule has 3 rings (SSSR count). The van der Waals surface area contributed by atoms with E-state index in [0.717, 1.165) is 42.6 Å². The summed E-state index contributed by atoms with van der Waals surface area (Å²) in [6.45, 7) is 5.34. The van der Waals surface area contributed by atoms with Crippen molar-refractivity contribution in [1.82, 2.24) is 20.3 Å². The summed E-state index contributed by atoms with van der Waals surface area (Å²) in [5.74, 6) is 2.19. The van der Waals surface area contributed by atoms with Crippen LogP contribution in [-0.2, 0) is 4.79 Å². The highest BCUT2D eigenvalue weighted by Crippen LogP contribution is 2.32. The molecule has 0 radical (unpaired) electrons. The molecule has 0 saturated carbocycles. The van der Waals surface area contributed by atoms with Crippen LogP contribution >= 0.6 is 11.3 Å². The molecule has 6 nitrogen and oxygen atoms in total. The molecule has 1 saturated heterocycles. The van der Waals surface area contributed by atoms with Gasteiger partial charge in [0.1, 0.15) is 16.6 Å². The average molecular weight is 331 g/mol. The number of carbonyl (C=O) groups excluding carboxylic acids is 1. The van der Waals surface area contributed by atoms with E-state index in [0.29, 0.717) is 5.92 Å². The second-order valence-electron chi connectivity index (χ2n) is 5.84. The van der Waals surface area contributed by atoms with Gasteiger partial charge in [0.2, 0.25) is 5.91 Å². The number of hydrogen-bond donors (Lipinski definition) is 1. The Morgan fingerprint density at radius 2 is 2.13 bits per heavy atom. The van der Waals surface area contributed by atoms with Gasteiger partial charge in [-0.25, -0.2) is 15.0 Å². The Morgan fingerprint density at radius 1 is 1.35 bits per heavy atom. The van der Waals surface area contributed by atoms with E-state index in [1.807, 2.05) is 18.4 Å². The van der Waals surface area contributed by atoms with Crippen LogP contribution < -0.4 is 10.2 Å². The van der Waals surface area contributed by atoms with Gasteiger partial charge < -0.3 is 10.2 Å². The van der Waals surface area contributed by atoms with Crippen molar-refractivity contribution in [2.45, 2.75) is 32.7 Å². The van der Waals surface area contributed by atoms with Crippen molar-refractivity contribution >= 4 is 23.1 Å². The summed E-state index contributed by atoms with van der Waals surface area (Å²) in [6, 6.07) is 1.97. The molecule has 0 aliphatic carbocycles. The molecule has 0 aromatic carbocycles. The molecule has 2 aromatic rings. The Morgan fingerprint density at radius 3 is 2.74 bits per heavy atom. The largest absolute Gasteiger partial charge is 0.356 e. The summed E-state index contributed by atoms with van der Waals surface area (Å²) < 4.78 is 0. The SMILES string of the molecule is CC(=O)N[C@@H](c1nccs1)C1CCN(c2ccnc(C)n2)CC1. The minimum Gasteiger partial charge on any atom is -0.356 e. The molecule has 0 unspecified atom stereocenters. The molecule has 1 aliphatic heterocycles. The fourth-order valence-corrected chi connectivity index (χ4v) is 3.85. The first-order valence-corrected chi connectivity index (χ1v) is 8.72. The minimum absolute atomic E-state index is 0.000875. The van der Waals surface area contributed by atoms with Gasteiger partial charge in [-0.3, -0.25) is 4.79 Å². The lowest BCUT2D eigenvalue weighted by Gasteiger charge is -2.36. The lowest BCUT2D eigenvalue weighted by molar-refractivity contribution is -0.120. The highest BCUT2D eigenvalue weighted by Gasteiger charge is 2.30. The van der Waals surface area contributed by atoms with E-state index in [4.69, 9.17) is 0 Å². The fraction of sp³-hybridized carbons (Fsp3) is 0.500. The van der Waals surface area contributed by atoms with Crippen LogP contribution in [0.25, 0.3) is 0 Å². The van der Waals surface area contributed by atoms with Gasteiger partial charge in [-0.15, -0.1) is 11.3 Å². The number of amides is 1. The van der Waals surface area contributed by atoms with Crippen LogP contribution in [0.2, 0.25) is 0 Å². The second kappa shape index (κ2) is 7.04. The van der Waals surface area contributed by atoms with E-state index < -0.39 is 0 Å². The number of nitrogens with one attached hydrogen (secondary N) is 1. The lowest BCUT2D eigenvalue weighted by atomic mass is 9.89. The Balaban J connectivity index is 1.68. The zero-order valence-electron chi connectivity index (χ0n) is 13.4. The monoisotopic (exact) mass is 331 g/mol. The van der Waals surface area contributed by atoms with E-state index in [2.05, 4.69) is 25.2 Å². The zero-order chi connectivity index (χ0) is 16.2. The third-order valence-corrected chi connectivity index (χ3v) is 5.03. The summed E-state index contributed by atoms with van der Waals surface area (Å²) in [5.41, 5.74) is 0. The van der Waals surface area contributed by atoms with Crippen LogP contribution in [0.4, 0.5) is 5.82 Å². The minimum atomic E-state index is -0.000875. The lowest BCUT2D eigenvalue weighted by Crippen LogP contribution is -2.40. The van der Waals surface area contributed by atoms with Crippen molar-refractivity contribution in [1.29, 1.82) is 0 Å². The quantitative estimate of drug-likeness (QED) is 0.931. The molecule has 1 atom stereocenters. The van der Waals surface area contributed by atoms with Gasteiger partial charge in [-0.05, 0) is 31.7 Å². The van der Waals surface area contributed by atoms with Gasteiger partial charge in [0, 0.05) is 37.8 Å². The first-order valence-electron chi connectivity index (χ1n) is 7.84. The number of piperidine rings is 1. The molecule has 7 heteroatoms. The van der Waals surface area contributed by atoms with Gasteiger partial charge in [-0.1, -0.05) is 0 Å². The van der Waals surface area contributed by atoms with Crippen molar-refractivity contribution in [3.63, 3.8) is 0 Å². The Bertz CT molecular complexity index is 652. The Hall–Kier alpha value is -2.02. The van der Waals surface area contributed by atoms with Crippen LogP contribution in [0, 0.1) is 12.8 Å². The van der Waals surface area contributed by atoms with E-state index in [9.17, 15) is 4.79 Å². The second-order valence-corrected chi connectivity index (χ2v) is 6.76. The normalized spacial score (nSPS) is 17.0. The predicted molar refractivity (Wildman–Crippen MR) is 90.4 cm³/mol. The van der Waals surface area contributed by atoms with E-state index >= 15 is 0 Å². The molecule has 1 fully saturated rings. The van der Waals surface area contributed by atoms with Gasteiger partial charge in [-0.2, -0.15) is 0 Å². The molecule has 1 N–H and O–H groups in total. The maximum atomic E-state index is 11.6. The smallest absolute Gasteiger partial charge is 0.217 e. The molecule has 2 aromatic heterocycles. The molecule has 23 heavy (non-hydrogen) atoms. The van der Waals surface area contributed by atoms with Crippen molar-refractivity contribution in [3.8, 4) is 0 Å². The molecule has 0 spiro atoms. The molecule has 122 valence electrons. The van der Waals surface area contributed by atoms with Gasteiger partial charge >= 0.3 is 0 Å². The Labute approximate surface area is 140 Å². The van der Waals surface area contributed by atoms with Gasteiger partial charge in [0.25, 0.3) is 0 Å². The number of carbonyl (C=O) groups is 1. The molecular weight excluding hydrogens is 310 g/mol. The van der Waals surface area contributed by atoms with Crippen LogP contribution in [0.3, 0.4) is 0 Å². The topological polar surface area (TPSA) is 71.0 Å². The summed E-state index contributed by atoms with van der Waals surface area (Å²) in [5, 5.41) is 6.04. The van der Waals surface area contributed by atoms with Crippen LogP contribution in [0.1, 0.15) is 36.6 Å². The fourth-order valence-electron chi connectivity index (χ4n) is 3.07. The summed E-state index contributed by atoms with van der Waals surface area (Å²) in [4.78, 5) is 26.9. The molecule has 3 heterocycles. The molecule has 1 amide bonds. The van der Waals surface area contributed by atoms with E-state index in [1.165, 1.54) is 0 Å². The maximum Gasteiger partial charge on any atom is 0.217 e. The zero-order valence-corrected chi connectivity index (χ0v) is 14.2. The standard InChI is InChI=1S/C16H21N5OS/c1-11-17-6-3-14(19-11)21-8-4-13(5-9-21)15(20-12(2)22)16-18-7-10-23-16/h3,6-7,10,13,15H,4-5,8-9H2,1-2H3,(H,20,22)/t15-/m1/s1. The highest BCUT2D eigenvalue weighted by molar-refractivity contribution is 7.09. The number of thiazole rings is 1. The van der Waals surface area contributed by atoms with Crippen molar-refractivity contribution in [2.24, 2.45) is 5.92 Å². The molecule has 0 bridgehead atoms. The van der Waals surface area contributed by atoms with Crippen LogP contribution in [0.15, 0.2) is 23.8 Å². The van der Waals surface area contributed by atoms with Crippen LogP contribution in [-0.4, -0.2) is 33.9 Å². The highest BCUT2D eigenvalue weighted by atomic mass is 32.1. The summed E-state index contributed by atoms with van der Waals surface area (Å²) >= 11 is 1.61. The number of nitrogens with zero attached hydrogens (tertiary/aromatic N) is 4. The Kier molecular flexibility index (Phi) is 4.85. The van der Waals surface area contributed by atoms with Gasteiger partial charge in [0.15, 0.2) is 0 Å². The van der Waals surface area contributed by atoms with Crippen LogP contribution in [0.5, 0.6) is 0 Å².